The van der Waals surface area contributed by atoms with Crippen LogP contribution >= 0.6 is 0 Å². The molecule has 2 aromatic heterocycles. The summed E-state index contributed by atoms with van der Waals surface area (Å²) in [5, 5.41) is 35.0. The lowest BCUT2D eigenvalue weighted by molar-refractivity contribution is 0.121. The van der Waals surface area contributed by atoms with Crippen molar-refractivity contribution in [1.82, 2.24) is 14.2 Å². The minimum Gasteiger partial charge on any atom is -0.425 e. The van der Waals surface area contributed by atoms with Gasteiger partial charge in [0.15, 0.2) is 11.3 Å². The average molecular weight is 200 g/mol. The number of nitrogen functional groups attached to an aromatic ring is 2. The van der Waals surface area contributed by atoms with Gasteiger partial charge in [0.25, 0.3) is 5.62 Å². The number of imidazole rings is 1. The molecule has 0 saturated heterocycles. The van der Waals surface area contributed by atoms with Crippen molar-refractivity contribution in [3.63, 3.8) is 0 Å². The van der Waals surface area contributed by atoms with Crippen molar-refractivity contribution in [1.29, 1.82) is 5.41 Å². The van der Waals surface area contributed by atoms with E-state index in [9.17, 15) is 15.6 Å². The lowest BCUT2D eigenvalue weighted by Crippen LogP contribution is -2.22. The fourth-order valence-electron chi connectivity index (χ4n) is 1.27. The second-order valence-electron chi connectivity index (χ2n) is 2.73. The second kappa shape index (κ2) is 2.07. The highest BCUT2D eigenvalue weighted by Gasteiger charge is 2.22. The van der Waals surface area contributed by atoms with Crippen molar-refractivity contribution < 1.29 is 15.6 Å². The standard InChI is InChI=1S/C5H8N6O3/c6-1-2-4(10(13)3(1)7)11(14)5(8)9(2)12/h8,12-14H,6-7H2. The predicted octanol–water partition coefficient (Wildman–Crippen LogP) is -1.40. The fraction of sp³-hybridized carbons (Fsp3) is 0. The third kappa shape index (κ3) is 0.620. The summed E-state index contributed by atoms with van der Waals surface area (Å²) in [4.78, 5) is 0. The maximum atomic E-state index is 9.32. The smallest absolute Gasteiger partial charge is 0.271 e. The van der Waals surface area contributed by atoms with E-state index >= 15 is 0 Å². The number of fused-ring (bicyclic) bond motifs is 1. The van der Waals surface area contributed by atoms with Gasteiger partial charge < -0.3 is 27.1 Å². The van der Waals surface area contributed by atoms with E-state index in [1.807, 2.05) is 0 Å². The van der Waals surface area contributed by atoms with Gasteiger partial charge in [0.05, 0.1) is 0 Å². The molecule has 2 heterocycles. The predicted molar refractivity (Wildman–Crippen MR) is 44.2 cm³/mol. The van der Waals surface area contributed by atoms with Crippen LogP contribution in [0.5, 0.6) is 0 Å². The van der Waals surface area contributed by atoms with Gasteiger partial charge in [0.1, 0.15) is 5.69 Å². The third-order valence-electron chi connectivity index (χ3n) is 1.99. The molecule has 0 unspecified atom stereocenters. The van der Waals surface area contributed by atoms with Gasteiger partial charge >= 0.3 is 0 Å². The van der Waals surface area contributed by atoms with Gasteiger partial charge in [-0.2, -0.15) is 0 Å². The minimum absolute atomic E-state index is 0.119. The molecule has 2 aromatic rings. The van der Waals surface area contributed by atoms with Crippen LogP contribution in [-0.4, -0.2) is 29.8 Å². The lowest BCUT2D eigenvalue weighted by Gasteiger charge is -1.97. The van der Waals surface area contributed by atoms with Gasteiger partial charge in [-0.3, -0.25) is 5.41 Å². The van der Waals surface area contributed by atoms with Crippen LogP contribution in [0.25, 0.3) is 11.2 Å². The molecule has 0 aromatic carbocycles. The van der Waals surface area contributed by atoms with Crippen molar-refractivity contribution in [2.45, 2.75) is 0 Å². The molecule has 0 fully saturated rings. The Morgan fingerprint density at radius 1 is 1.00 bits per heavy atom. The van der Waals surface area contributed by atoms with E-state index in [-0.39, 0.29) is 27.4 Å². The molecule has 0 amide bonds. The van der Waals surface area contributed by atoms with Gasteiger partial charge in [0, 0.05) is 0 Å². The lowest BCUT2D eigenvalue weighted by atomic mass is 10.4. The number of aromatic nitrogens is 3. The Kier molecular flexibility index (Phi) is 1.21. The van der Waals surface area contributed by atoms with Crippen molar-refractivity contribution in [3.05, 3.63) is 5.62 Å². The topological polar surface area (TPSA) is 151 Å². The molecule has 76 valence electrons. The molecule has 0 aliphatic carbocycles. The minimum atomic E-state index is -0.649. The van der Waals surface area contributed by atoms with E-state index in [0.717, 1.165) is 0 Å². The Morgan fingerprint density at radius 2 is 1.57 bits per heavy atom. The van der Waals surface area contributed by atoms with Crippen molar-refractivity contribution in [3.8, 4) is 0 Å². The number of hydrogen-bond donors (Lipinski definition) is 6. The molecule has 0 saturated carbocycles. The van der Waals surface area contributed by atoms with Crippen LogP contribution in [0.3, 0.4) is 0 Å². The average Bonchev–Trinajstić information content (AvgIpc) is 2.51. The molecule has 0 bridgehead atoms. The van der Waals surface area contributed by atoms with Crippen LogP contribution in [0.15, 0.2) is 0 Å². The van der Waals surface area contributed by atoms with E-state index < -0.39 is 5.62 Å². The molecular formula is C5H8N6O3. The molecule has 0 atom stereocenters. The van der Waals surface area contributed by atoms with Gasteiger partial charge in [-0.25, -0.2) is 0 Å². The fourth-order valence-corrected chi connectivity index (χ4v) is 1.27. The molecule has 14 heavy (non-hydrogen) atoms. The molecule has 0 radical (unpaired) electrons. The zero-order valence-corrected chi connectivity index (χ0v) is 6.84. The highest BCUT2D eigenvalue weighted by Crippen LogP contribution is 2.27. The molecule has 0 spiro atoms. The van der Waals surface area contributed by atoms with Crippen LogP contribution in [0.1, 0.15) is 0 Å². The first-order valence-corrected chi connectivity index (χ1v) is 3.52. The van der Waals surface area contributed by atoms with E-state index in [1.165, 1.54) is 0 Å². The van der Waals surface area contributed by atoms with Gasteiger partial charge in [-0.1, -0.05) is 0 Å². The first-order valence-electron chi connectivity index (χ1n) is 3.52. The van der Waals surface area contributed by atoms with E-state index in [2.05, 4.69) is 0 Å². The van der Waals surface area contributed by atoms with Crippen LogP contribution in [0.2, 0.25) is 0 Å². The van der Waals surface area contributed by atoms with E-state index in [4.69, 9.17) is 16.9 Å². The van der Waals surface area contributed by atoms with Crippen molar-refractivity contribution in [2.75, 3.05) is 11.5 Å². The number of hydrogen-bond acceptors (Lipinski definition) is 6. The maximum absolute atomic E-state index is 9.32. The second-order valence-corrected chi connectivity index (χ2v) is 2.73. The number of nitrogens with zero attached hydrogens (tertiary/aromatic N) is 3. The van der Waals surface area contributed by atoms with Gasteiger partial charge in [0.2, 0.25) is 5.65 Å². The first-order chi connectivity index (χ1) is 6.46. The van der Waals surface area contributed by atoms with Gasteiger partial charge in [-0.05, 0) is 0 Å². The normalized spacial score (nSPS) is 11.1. The van der Waals surface area contributed by atoms with E-state index in [0.29, 0.717) is 9.46 Å². The Balaban J connectivity index is 3.16. The molecule has 8 N–H and O–H groups in total. The molecular weight excluding hydrogens is 192 g/mol. The number of rotatable bonds is 0. The number of nitrogens with one attached hydrogen (secondary N) is 1. The SMILES string of the molecule is N=c1n(O)c2c(N)c(N)n(O)c2n1O. The zero-order chi connectivity index (χ0) is 10.6. The van der Waals surface area contributed by atoms with Crippen molar-refractivity contribution >= 4 is 22.7 Å². The Hall–Kier alpha value is -2.45. The molecule has 2 rings (SSSR count). The van der Waals surface area contributed by atoms with Crippen LogP contribution in [-0.2, 0) is 0 Å². The summed E-state index contributed by atoms with van der Waals surface area (Å²) in [5.41, 5.74) is 9.59. The summed E-state index contributed by atoms with van der Waals surface area (Å²) < 4.78 is 0.950. The summed E-state index contributed by atoms with van der Waals surface area (Å²) in [7, 11) is 0. The highest BCUT2D eigenvalue weighted by molar-refractivity contribution is 5.93. The summed E-state index contributed by atoms with van der Waals surface area (Å²) >= 11 is 0. The molecule has 0 aliphatic heterocycles. The summed E-state index contributed by atoms with van der Waals surface area (Å²) in [5.74, 6) is -0.222. The first kappa shape index (κ1) is 8.16. The van der Waals surface area contributed by atoms with Crippen LogP contribution in [0.4, 0.5) is 11.5 Å². The van der Waals surface area contributed by atoms with Crippen LogP contribution < -0.4 is 17.1 Å². The quantitative estimate of drug-likeness (QED) is 0.289. The molecule has 9 heteroatoms. The van der Waals surface area contributed by atoms with E-state index in [1.54, 1.807) is 0 Å². The number of anilines is 2. The summed E-state index contributed by atoms with van der Waals surface area (Å²) in [6.45, 7) is 0. The Morgan fingerprint density at radius 3 is 2.07 bits per heavy atom. The largest absolute Gasteiger partial charge is 0.425 e. The highest BCUT2D eigenvalue weighted by atomic mass is 16.5. The van der Waals surface area contributed by atoms with Gasteiger partial charge in [-0.15, -0.1) is 14.2 Å². The Bertz CT molecular complexity index is 528. The monoisotopic (exact) mass is 200 g/mol. The molecule has 9 nitrogen and oxygen atoms in total. The number of nitrogens with two attached hydrogens (primary N) is 2. The molecule has 0 aliphatic rings. The summed E-state index contributed by atoms with van der Waals surface area (Å²) in [6, 6.07) is 0. The maximum Gasteiger partial charge on any atom is 0.271 e. The Labute approximate surface area is 76.0 Å². The van der Waals surface area contributed by atoms with Crippen molar-refractivity contribution in [2.24, 2.45) is 0 Å². The third-order valence-corrected chi connectivity index (χ3v) is 1.99. The van der Waals surface area contributed by atoms with Crippen LogP contribution in [0, 0.1) is 5.41 Å². The zero-order valence-electron chi connectivity index (χ0n) is 6.84. The summed E-state index contributed by atoms with van der Waals surface area (Å²) in [6.07, 6.45) is 0.